The number of carboxylic acids is 1. The molecule has 0 aromatic heterocycles. The Morgan fingerprint density at radius 2 is 2.03 bits per heavy atom. The Bertz CT molecular complexity index is 1110. The second-order valence-corrected chi connectivity index (χ2v) is 7.45. The first-order valence-corrected chi connectivity index (χ1v) is 9.91. The largest absolute Gasteiger partial charge is 0.497 e. The molecule has 0 radical (unpaired) electrons. The highest BCUT2D eigenvalue weighted by molar-refractivity contribution is 6.14. The number of carboxylic acid groups (broad SMARTS) is 1. The van der Waals surface area contributed by atoms with Crippen LogP contribution in [0.5, 0.6) is 17.2 Å². The Morgan fingerprint density at radius 3 is 2.78 bits per heavy atom. The van der Waals surface area contributed by atoms with Gasteiger partial charge in [-0.15, -0.1) is 0 Å². The maximum absolute atomic E-state index is 12.6. The second-order valence-electron chi connectivity index (χ2n) is 7.45. The van der Waals surface area contributed by atoms with Gasteiger partial charge in [-0.25, -0.2) is 4.79 Å². The Hall–Kier alpha value is -3.85. The van der Waals surface area contributed by atoms with Crippen LogP contribution in [0.2, 0.25) is 0 Å². The van der Waals surface area contributed by atoms with Gasteiger partial charge in [0.25, 0.3) is 5.91 Å². The average Bonchev–Trinajstić information content (AvgIpc) is 3.32. The number of hydrogen-bond donors (Lipinski definition) is 2. The van der Waals surface area contributed by atoms with E-state index >= 15 is 0 Å². The predicted molar refractivity (Wildman–Crippen MR) is 112 cm³/mol. The van der Waals surface area contributed by atoms with Gasteiger partial charge in [-0.2, -0.15) is 0 Å². The van der Waals surface area contributed by atoms with Gasteiger partial charge in [0.2, 0.25) is 5.78 Å². The summed E-state index contributed by atoms with van der Waals surface area (Å²) >= 11 is 0. The zero-order valence-electron chi connectivity index (χ0n) is 17.2. The third-order valence-corrected chi connectivity index (χ3v) is 5.28. The predicted octanol–water partition coefficient (Wildman–Crippen LogP) is 1.74. The van der Waals surface area contributed by atoms with E-state index in [1.807, 2.05) is 6.07 Å². The molecule has 2 aromatic rings. The van der Waals surface area contributed by atoms with Crippen molar-refractivity contribution in [2.75, 3.05) is 20.3 Å². The molecule has 1 unspecified atom stereocenters. The molecule has 1 fully saturated rings. The molecule has 0 saturated carbocycles. The molecule has 1 amide bonds. The van der Waals surface area contributed by atoms with Crippen LogP contribution in [-0.2, 0) is 9.59 Å². The molecule has 9 nitrogen and oxygen atoms in total. The number of aliphatic hydroxyl groups excluding tert-OH is 1. The fraction of sp³-hybridized carbons (Fsp3) is 0.261. The number of carbonyl (C=O) groups is 3. The number of benzene rings is 2. The third kappa shape index (κ3) is 4.28. The first kappa shape index (κ1) is 21.4. The Labute approximate surface area is 183 Å². The molecule has 9 heteroatoms. The SMILES string of the molecule is COc1cccc(C=C2Oc3cc(OCC(=O)N4CC(O)C[C@H]4C(=O)O)ccc3C2=O)c1. The lowest BCUT2D eigenvalue weighted by Crippen LogP contribution is -2.42. The standard InChI is InChI=1S/C23H21NO8/c1-30-15-4-2-3-13(7-15)8-20-22(27)17-6-5-16(10-19(17)32-20)31-12-21(26)24-11-14(25)9-18(24)23(28)29/h2-8,10,14,18,25H,9,11-12H2,1H3,(H,28,29)/t14?,18-/m0/s1. The number of likely N-dealkylation sites (tertiary alicyclic amines) is 1. The van der Waals surface area contributed by atoms with E-state index in [0.29, 0.717) is 22.8 Å². The van der Waals surface area contributed by atoms with Crippen LogP contribution in [0.25, 0.3) is 6.08 Å². The molecule has 0 spiro atoms. The van der Waals surface area contributed by atoms with E-state index < -0.39 is 30.6 Å². The van der Waals surface area contributed by atoms with Crippen LogP contribution in [0.15, 0.2) is 48.2 Å². The maximum Gasteiger partial charge on any atom is 0.326 e. The number of β-amino-alcohol motifs (C(OH)–C–C–N with tert-alkyl or cyclic N) is 1. The minimum atomic E-state index is -1.17. The number of rotatable bonds is 6. The van der Waals surface area contributed by atoms with Gasteiger partial charge in [-0.05, 0) is 35.9 Å². The monoisotopic (exact) mass is 439 g/mol. The van der Waals surface area contributed by atoms with Crippen molar-refractivity contribution in [3.05, 3.63) is 59.4 Å². The molecule has 2 N–H and O–H groups in total. The van der Waals surface area contributed by atoms with E-state index in [9.17, 15) is 24.6 Å². The number of carbonyl (C=O) groups excluding carboxylic acids is 2. The molecule has 0 aliphatic carbocycles. The molecular formula is C23H21NO8. The summed E-state index contributed by atoms with van der Waals surface area (Å²) in [5.74, 6) is -0.607. The smallest absolute Gasteiger partial charge is 0.326 e. The van der Waals surface area contributed by atoms with Crippen molar-refractivity contribution in [3.63, 3.8) is 0 Å². The summed E-state index contributed by atoms with van der Waals surface area (Å²) in [6, 6.07) is 10.7. The van der Waals surface area contributed by atoms with Crippen molar-refractivity contribution in [3.8, 4) is 17.2 Å². The quantitative estimate of drug-likeness (QED) is 0.653. The van der Waals surface area contributed by atoms with Crippen LogP contribution in [-0.4, -0.2) is 65.2 Å². The van der Waals surface area contributed by atoms with Gasteiger partial charge in [0, 0.05) is 19.0 Å². The van der Waals surface area contributed by atoms with Gasteiger partial charge < -0.3 is 29.3 Å². The Morgan fingerprint density at radius 1 is 1.22 bits per heavy atom. The molecule has 166 valence electrons. The summed E-state index contributed by atoms with van der Waals surface area (Å²) in [4.78, 5) is 37.4. The lowest BCUT2D eigenvalue weighted by Gasteiger charge is -2.21. The topological polar surface area (TPSA) is 123 Å². The number of Topliss-reactive ketones (excluding diaryl/α,β-unsaturated/α-hetero) is 1. The first-order chi connectivity index (χ1) is 15.4. The third-order valence-electron chi connectivity index (χ3n) is 5.28. The minimum Gasteiger partial charge on any atom is -0.497 e. The highest BCUT2D eigenvalue weighted by atomic mass is 16.5. The molecule has 2 aliphatic heterocycles. The zero-order valence-corrected chi connectivity index (χ0v) is 17.2. The lowest BCUT2D eigenvalue weighted by atomic mass is 10.1. The molecule has 2 aromatic carbocycles. The molecular weight excluding hydrogens is 418 g/mol. The fourth-order valence-electron chi connectivity index (χ4n) is 3.69. The number of amides is 1. The summed E-state index contributed by atoms with van der Waals surface area (Å²) in [7, 11) is 1.55. The minimum absolute atomic E-state index is 0.0156. The van der Waals surface area contributed by atoms with Crippen molar-refractivity contribution in [2.45, 2.75) is 18.6 Å². The highest BCUT2D eigenvalue weighted by Crippen LogP contribution is 2.35. The number of aliphatic hydroxyl groups is 1. The van der Waals surface area contributed by atoms with Crippen LogP contribution in [0.4, 0.5) is 0 Å². The van der Waals surface area contributed by atoms with Crippen LogP contribution < -0.4 is 14.2 Å². The fourth-order valence-corrected chi connectivity index (χ4v) is 3.69. The van der Waals surface area contributed by atoms with Crippen LogP contribution in [0.3, 0.4) is 0 Å². The molecule has 2 heterocycles. The summed E-state index contributed by atoms with van der Waals surface area (Å²) in [5, 5.41) is 18.9. The van der Waals surface area contributed by atoms with Gasteiger partial charge in [0.15, 0.2) is 12.4 Å². The summed E-state index contributed by atoms with van der Waals surface area (Å²) < 4.78 is 16.4. The number of aliphatic carboxylic acids is 1. The lowest BCUT2D eigenvalue weighted by molar-refractivity contribution is -0.148. The van der Waals surface area contributed by atoms with E-state index in [-0.39, 0.29) is 24.5 Å². The number of allylic oxidation sites excluding steroid dienone is 1. The van der Waals surface area contributed by atoms with Gasteiger partial charge in [-0.3, -0.25) is 9.59 Å². The Balaban J connectivity index is 1.44. The number of ether oxygens (including phenoxy) is 3. The number of fused-ring (bicyclic) bond motifs is 1. The Kier molecular flexibility index (Phi) is 5.83. The van der Waals surface area contributed by atoms with Crippen molar-refractivity contribution in [1.82, 2.24) is 4.90 Å². The van der Waals surface area contributed by atoms with E-state index in [4.69, 9.17) is 14.2 Å². The van der Waals surface area contributed by atoms with Crippen molar-refractivity contribution in [1.29, 1.82) is 0 Å². The van der Waals surface area contributed by atoms with Gasteiger partial charge >= 0.3 is 5.97 Å². The van der Waals surface area contributed by atoms with E-state index in [1.54, 1.807) is 37.5 Å². The zero-order chi connectivity index (χ0) is 22.8. The van der Waals surface area contributed by atoms with E-state index in [1.165, 1.54) is 12.1 Å². The number of nitrogens with zero attached hydrogens (tertiary/aromatic N) is 1. The molecule has 32 heavy (non-hydrogen) atoms. The van der Waals surface area contributed by atoms with Crippen molar-refractivity contribution in [2.24, 2.45) is 0 Å². The summed E-state index contributed by atoms with van der Waals surface area (Å²) in [6.07, 6.45) is 0.715. The van der Waals surface area contributed by atoms with Gasteiger partial charge in [-0.1, -0.05) is 12.1 Å². The van der Waals surface area contributed by atoms with Crippen LogP contribution in [0, 0.1) is 0 Å². The molecule has 4 rings (SSSR count). The summed E-state index contributed by atoms with van der Waals surface area (Å²) in [5.41, 5.74) is 1.11. The molecule has 1 saturated heterocycles. The number of methoxy groups -OCH3 is 1. The second kappa shape index (κ2) is 8.72. The maximum atomic E-state index is 12.6. The molecule has 2 aliphatic rings. The normalized spacial score (nSPS) is 20.8. The molecule has 0 bridgehead atoms. The summed E-state index contributed by atoms with van der Waals surface area (Å²) in [6.45, 7) is -0.463. The van der Waals surface area contributed by atoms with Crippen LogP contribution in [0.1, 0.15) is 22.3 Å². The van der Waals surface area contributed by atoms with E-state index in [0.717, 1.165) is 10.5 Å². The van der Waals surface area contributed by atoms with Crippen LogP contribution >= 0.6 is 0 Å². The van der Waals surface area contributed by atoms with Crippen molar-refractivity contribution >= 4 is 23.7 Å². The highest BCUT2D eigenvalue weighted by Gasteiger charge is 2.39. The number of ketones is 1. The number of hydrogen-bond acceptors (Lipinski definition) is 7. The van der Waals surface area contributed by atoms with Gasteiger partial charge in [0.05, 0.1) is 18.8 Å². The average molecular weight is 439 g/mol. The first-order valence-electron chi connectivity index (χ1n) is 9.91. The van der Waals surface area contributed by atoms with Crippen molar-refractivity contribution < 1.29 is 38.8 Å². The molecule has 2 atom stereocenters. The van der Waals surface area contributed by atoms with E-state index in [2.05, 4.69) is 0 Å². The van der Waals surface area contributed by atoms with Gasteiger partial charge in [0.1, 0.15) is 23.3 Å².